The van der Waals surface area contributed by atoms with Crippen molar-refractivity contribution in [2.45, 2.75) is 0 Å². The topological polar surface area (TPSA) is 40.5 Å². The van der Waals surface area contributed by atoms with Gasteiger partial charge in [0.2, 0.25) is 0 Å². The van der Waals surface area contributed by atoms with Crippen LogP contribution in [-0.2, 0) is 4.79 Å². The molecule has 0 bridgehead atoms. The zero-order valence-electron chi connectivity index (χ0n) is 10.6. The van der Waals surface area contributed by atoms with Crippen LogP contribution in [0.4, 0.5) is 10.1 Å². The van der Waals surface area contributed by atoms with Gasteiger partial charge < -0.3 is 10.0 Å². The molecule has 1 aromatic carbocycles. The van der Waals surface area contributed by atoms with Crippen molar-refractivity contribution in [2.24, 2.45) is 0 Å². The van der Waals surface area contributed by atoms with Crippen molar-refractivity contribution < 1.29 is 14.3 Å². The quantitative estimate of drug-likeness (QED) is 0.605. The molecule has 0 aliphatic heterocycles. The maximum atomic E-state index is 14.0. The minimum absolute atomic E-state index is 0.347. The highest BCUT2D eigenvalue weighted by Gasteiger charge is 2.12. The Bertz CT molecular complexity index is 499. The fourth-order valence-corrected chi connectivity index (χ4v) is 1.73. The minimum atomic E-state index is -1.07. The number of rotatable bonds is 7. The van der Waals surface area contributed by atoms with Crippen molar-refractivity contribution in [3.63, 3.8) is 0 Å². The number of benzene rings is 1. The van der Waals surface area contributed by atoms with E-state index < -0.39 is 11.8 Å². The van der Waals surface area contributed by atoms with Gasteiger partial charge in [0.15, 0.2) is 0 Å². The van der Waals surface area contributed by atoms with Crippen LogP contribution in [0, 0.1) is 5.82 Å². The third kappa shape index (κ3) is 4.10. The molecule has 0 fully saturated rings. The number of halogens is 1. The Balaban J connectivity index is 3.24. The summed E-state index contributed by atoms with van der Waals surface area (Å²) in [5.41, 5.74) is 0.853. The Morgan fingerprint density at radius 1 is 1.32 bits per heavy atom. The molecule has 1 N–H and O–H groups in total. The maximum Gasteiger partial charge on any atom is 0.328 e. The van der Waals surface area contributed by atoms with Gasteiger partial charge >= 0.3 is 5.97 Å². The number of hydrogen-bond donors (Lipinski definition) is 1. The van der Waals surface area contributed by atoms with Crippen LogP contribution in [0.25, 0.3) is 6.08 Å². The Morgan fingerprint density at radius 2 is 1.95 bits per heavy atom. The van der Waals surface area contributed by atoms with E-state index in [0.717, 1.165) is 6.08 Å². The minimum Gasteiger partial charge on any atom is -0.478 e. The fraction of sp³-hybridized carbons (Fsp3) is 0.133. The second-order valence-electron chi connectivity index (χ2n) is 3.83. The molecule has 0 radical (unpaired) electrons. The molecule has 1 rings (SSSR count). The monoisotopic (exact) mass is 261 g/mol. The molecule has 0 aromatic heterocycles. The fourth-order valence-electron chi connectivity index (χ4n) is 1.73. The summed E-state index contributed by atoms with van der Waals surface area (Å²) in [6.07, 6.45) is 5.67. The van der Waals surface area contributed by atoms with Gasteiger partial charge in [0, 0.05) is 24.7 Å². The molecule has 100 valence electrons. The number of aliphatic carboxylic acids is 1. The second kappa shape index (κ2) is 7.16. The van der Waals surface area contributed by atoms with Gasteiger partial charge in [-0.05, 0) is 12.1 Å². The largest absolute Gasteiger partial charge is 0.478 e. The van der Waals surface area contributed by atoms with Crippen molar-refractivity contribution in [2.75, 3.05) is 18.0 Å². The van der Waals surface area contributed by atoms with E-state index in [2.05, 4.69) is 13.2 Å². The number of carboxylic acid groups (broad SMARTS) is 1. The van der Waals surface area contributed by atoms with Crippen molar-refractivity contribution in [1.29, 1.82) is 0 Å². The summed E-state index contributed by atoms with van der Waals surface area (Å²) in [7, 11) is 0. The highest BCUT2D eigenvalue weighted by atomic mass is 19.1. The number of carbonyl (C=O) groups is 1. The van der Waals surface area contributed by atoms with Crippen LogP contribution in [0.5, 0.6) is 0 Å². The molecule has 19 heavy (non-hydrogen) atoms. The number of para-hydroxylation sites is 1. The first-order chi connectivity index (χ1) is 9.10. The number of anilines is 1. The first kappa shape index (κ1) is 14.7. The van der Waals surface area contributed by atoms with Gasteiger partial charge in [-0.2, -0.15) is 0 Å². The van der Waals surface area contributed by atoms with Crippen LogP contribution >= 0.6 is 0 Å². The average molecular weight is 261 g/mol. The third-order valence-electron chi connectivity index (χ3n) is 2.44. The summed E-state index contributed by atoms with van der Waals surface area (Å²) in [6, 6.07) is 4.55. The Morgan fingerprint density at radius 3 is 2.47 bits per heavy atom. The molecule has 0 saturated heterocycles. The van der Waals surface area contributed by atoms with Crippen molar-refractivity contribution in [3.8, 4) is 0 Å². The Labute approximate surface area is 112 Å². The number of nitrogens with zero attached hydrogens (tertiary/aromatic N) is 1. The Hall–Kier alpha value is -2.36. The molecular weight excluding hydrogens is 245 g/mol. The molecule has 3 nitrogen and oxygen atoms in total. The van der Waals surface area contributed by atoms with Gasteiger partial charge in [-0.15, -0.1) is 13.2 Å². The summed E-state index contributed by atoms with van der Waals surface area (Å²) < 4.78 is 14.0. The van der Waals surface area contributed by atoms with Gasteiger partial charge in [-0.1, -0.05) is 24.3 Å². The van der Waals surface area contributed by atoms with E-state index in [4.69, 9.17) is 5.11 Å². The molecule has 0 spiro atoms. The highest BCUT2D eigenvalue weighted by molar-refractivity contribution is 5.87. The van der Waals surface area contributed by atoms with Crippen LogP contribution in [0.1, 0.15) is 5.56 Å². The predicted octanol–water partition coefficient (Wildman–Crippen LogP) is 3.10. The summed E-state index contributed by atoms with van der Waals surface area (Å²) in [5.74, 6) is -1.48. The van der Waals surface area contributed by atoms with Gasteiger partial charge in [0.25, 0.3) is 0 Å². The van der Waals surface area contributed by atoms with Crippen LogP contribution < -0.4 is 4.90 Å². The van der Waals surface area contributed by atoms with Crippen molar-refractivity contribution in [1.82, 2.24) is 0 Å². The SMILES string of the molecule is C=CCN(CC=C)c1c(F)cccc1/C=C/C(=O)O. The normalized spacial score (nSPS) is 10.4. The molecular formula is C15H16FNO2. The molecule has 1 aromatic rings. The van der Waals surface area contributed by atoms with Crippen LogP contribution in [0.2, 0.25) is 0 Å². The zero-order valence-corrected chi connectivity index (χ0v) is 10.6. The number of carboxylic acids is 1. The molecule has 0 amide bonds. The lowest BCUT2D eigenvalue weighted by molar-refractivity contribution is -0.131. The van der Waals surface area contributed by atoms with Gasteiger partial charge in [0.1, 0.15) is 5.82 Å². The zero-order chi connectivity index (χ0) is 14.3. The first-order valence-electron chi connectivity index (χ1n) is 5.76. The second-order valence-corrected chi connectivity index (χ2v) is 3.83. The lowest BCUT2D eigenvalue weighted by atomic mass is 10.1. The van der Waals surface area contributed by atoms with E-state index in [1.165, 1.54) is 12.1 Å². The van der Waals surface area contributed by atoms with Crippen LogP contribution in [0.3, 0.4) is 0 Å². The third-order valence-corrected chi connectivity index (χ3v) is 2.44. The summed E-state index contributed by atoms with van der Waals surface area (Å²) in [5, 5.41) is 8.65. The van der Waals surface area contributed by atoms with Crippen molar-refractivity contribution in [3.05, 3.63) is 61.0 Å². The highest BCUT2D eigenvalue weighted by Crippen LogP contribution is 2.25. The maximum absolute atomic E-state index is 14.0. The summed E-state index contributed by atoms with van der Waals surface area (Å²) in [6.45, 7) is 8.15. The first-order valence-corrected chi connectivity index (χ1v) is 5.76. The van der Waals surface area contributed by atoms with Gasteiger partial charge in [0.05, 0.1) is 5.69 Å². The number of hydrogen-bond acceptors (Lipinski definition) is 2. The summed E-state index contributed by atoms with van der Waals surface area (Å²) in [4.78, 5) is 12.3. The predicted molar refractivity (Wildman–Crippen MR) is 75.7 cm³/mol. The van der Waals surface area contributed by atoms with E-state index in [9.17, 15) is 9.18 Å². The summed E-state index contributed by atoms with van der Waals surface area (Å²) >= 11 is 0. The van der Waals surface area contributed by atoms with E-state index >= 15 is 0 Å². The van der Waals surface area contributed by atoms with E-state index in [1.807, 2.05) is 0 Å². The van der Waals surface area contributed by atoms with Gasteiger partial charge in [-0.25, -0.2) is 9.18 Å². The molecule has 0 atom stereocenters. The van der Waals surface area contributed by atoms with E-state index in [1.54, 1.807) is 29.2 Å². The lowest BCUT2D eigenvalue weighted by Gasteiger charge is -2.24. The standard InChI is InChI=1S/C15H16FNO2/c1-3-10-17(11-4-2)15-12(8-9-14(18)19)6-5-7-13(15)16/h3-9H,1-2,10-11H2,(H,18,19)/b9-8+. The molecule has 0 aliphatic rings. The smallest absolute Gasteiger partial charge is 0.328 e. The lowest BCUT2D eigenvalue weighted by Crippen LogP contribution is -2.25. The Kier molecular flexibility index (Phi) is 5.54. The average Bonchev–Trinajstić information content (AvgIpc) is 2.36. The molecule has 0 heterocycles. The van der Waals surface area contributed by atoms with Crippen molar-refractivity contribution >= 4 is 17.7 Å². The molecule has 0 aliphatic carbocycles. The van der Waals surface area contributed by atoms with Crippen LogP contribution in [0.15, 0.2) is 49.6 Å². The van der Waals surface area contributed by atoms with E-state index in [0.29, 0.717) is 24.3 Å². The van der Waals surface area contributed by atoms with Crippen LogP contribution in [-0.4, -0.2) is 24.2 Å². The molecule has 4 heteroatoms. The molecule has 0 saturated carbocycles. The molecule has 0 unspecified atom stereocenters. The van der Waals surface area contributed by atoms with Gasteiger partial charge in [-0.3, -0.25) is 0 Å². The van der Waals surface area contributed by atoms with E-state index in [-0.39, 0.29) is 0 Å².